The Kier molecular flexibility index (Phi) is 2.98. The Bertz CT molecular complexity index is 1030. The molecule has 0 fully saturated rings. The van der Waals surface area contributed by atoms with Crippen LogP contribution in [0.25, 0.3) is 11.1 Å². The maximum atomic E-state index is 6.23. The highest BCUT2D eigenvalue weighted by Gasteiger charge is 2.47. The Morgan fingerprint density at radius 1 is 0.760 bits per heavy atom. The molecule has 0 aromatic heterocycles. The van der Waals surface area contributed by atoms with Crippen molar-refractivity contribution in [2.75, 3.05) is 5.73 Å². The molecule has 0 radical (unpaired) electrons. The Balaban J connectivity index is 1.95. The first kappa shape index (κ1) is 14.3. The fourth-order valence-electron chi connectivity index (χ4n) is 4.55. The summed E-state index contributed by atoms with van der Waals surface area (Å²) in [5, 5.41) is 0. The van der Waals surface area contributed by atoms with Crippen LogP contribution in [0.2, 0.25) is 0 Å². The predicted octanol–water partition coefficient (Wildman–Crippen LogP) is 5.47. The van der Waals surface area contributed by atoms with Crippen molar-refractivity contribution in [1.82, 2.24) is 0 Å². The number of allylic oxidation sites excluding steroid dienone is 4. The number of nitrogens with two attached hydrogens (primary N) is 1. The lowest BCUT2D eigenvalue weighted by Gasteiger charge is -2.35. The second kappa shape index (κ2) is 5.22. The normalized spacial score (nSPS) is 20.2. The molecule has 1 nitrogen and oxygen atoms in total. The van der Waals surface area contributed by atoms with Crippen molar-refractivity contribution >= 4 is 5.69 Å². The van der Waals surface area contributed by atoms with Gasteiger partial charge in [-0.3, -0.25) is 0 Å². The van der Waals surface area contributed by atoms with Gasteiger partial charge in [0.15, 0.2) is 0 Å². The number of rotatable bonds is 2. The van der Waals surface area contributed by atoms with E-state index in [0.717, 1.165) is 12.1 Å². The zero-order valence-corrected chi connectivity index (χ0v) is 13.9. The number of hydrogen-bond donors (Lipinski definition) is 1. The van der Waals surface area contributed by atoms with E-state index in [0.29, 0.717) is 0 Å². The van der Waals surface area contributed by atoms with Gasteiger partial charge in [0, 0.05) is 5.69 Å². The van der Waals surface area contributed by atoms with Crippen LogP contribution in [0, 0.1) is 0 Å². The molecule has 2 aliphatic carbocycles. The number of benzene rings is 3. The van der Waals surface area contributed by atoms with E-state index in [1.165, 1.54) is 33.4 Å². The second-order valence-corrected chi connectivity index (χ2v) is 6.79. The number of fused-ring (bicyclic) bond motifs is 3. The summed E-state index contributed by atoms with van der Waals surface area (Å²) >= 11 is 0. The molecule has 2 aliphatic rings. The molecule has 2 N–H and O–H groups in total. The Hall–Kier alpha value is -3.06. The molecule has 1 unspecified atom stereocenters. The van der Waals surface area contributed by atoms with Crippen LogP contribution in [-0.4, -0.2) is 0 Å². The molecule has 0 aliphatic heterocycles. The highest BCUT2D eigenvalue weighted by molar-refractivity contribution is 5.87. The summed E-state index contributed by atoms with van der Waals surface area (Å²) in [5.74, 6) is 0. The number of hydrogen-bond acceptors (Lipinski definition) is 1. The number of nitrogen functional groups attached to an aromatic ring is 1. The van der Waals surface area contributed by atoms with Gasteiger partial charge < -0.3 is 5.73 Å². The van der Waals surface area contributed by atoms with Crippen LogP contribution < -0.4 is 5.73 Å². The van der Waals surface area contributed by atoms with E-state index in [4.69, 9.17) is 5.73 Å². The molecule has 0 saturated heterocycles. The van der Waals surface area contributed by atoms with E-state index in [2.05, 4.69) is 85.0 Å². The summed E-state index contributed by atoms with van der Waals surface area (Å²) in [7, 11) is 0. The lowest BCUT2D eigenvalue weighted by molar-refractivity contribution is 0.732. The lowest BCUT2D eigenvalue weighted by atomic mass is 9.67. The van der Waals surface area contributed by atoms with Gasteiger partial charge in [-0.1, -0.05) is 78.9 Å². The quantitative estimate of drug-likeness (QED) is 0.622. The van der Waals surface area contributed by atoms with Crippen molar-refractivity contribution < 1.29 is 0 Å². The van der Waals surface area contributed by atoms with Gasteiger partial charge in [0.2, 0.25) is 0 Å². The van der Waals surface area contributed by atoms with Crippen LogP contribution >= 0.6 is 0 Å². The highest BCUT2D eigenvalue weighted by atomic mass is 14.6. The van der Waals surface area contributed by atoms with E-state index >= 15 is 0 Å². The third kappa shape index (κ3) is 1.84. The van der Waals surface area contributed by atoms with Crippen molar-refractivity contribution in [3.05, 3.63) is 113 Å². The minimum Gasteiger partial charge on any atom is -0.399 e. The minimum absolute atomic E-state index is 0.258. The van der Waals surface area contributed by atoms with Crippen LogP contribution in [-0.2, 0) is 5.41 Å². The van der Waals surface area contributed by atoms with E-state index in [-0.39, 0.29) is 5.41 Å². The third-order valence-corrected chi connectivity index (χ3v) is 5.53. The third-order valence-electron chi connectivity index (χ3n) is 5.53. The van der Waals surface area contributed by atoms with Gasteiger partial charge in [0.25, 0.3) is 0 Å². The standard InChI is InChI=1S/C24H19N/c25-19-14-15-21-20-12-6-7-13-22(20)24(23(21)16-19,18-10-4-5-11-18)17-8-2-1-3-9-17/h1-10,12-16H,11,25H2. The molecule has 1 atom stereocenters. The first-order chi connectivity index (χ1) is 12.3. The average molecular weight is 321 g/mol. The van der Waals surface area contributed by atoms with Gasteiger partial charge in [-0.05, 0) is 51.9 Å². The zero-order valence-electron chi connectivity index (χ0n) is 13.9. The first-order valence-corrected chi connectivity index (χ1v) is 8.73. The fraction of sp³-hybridized carbons (Fsp3) is 0.0833. The summed E-state index contributed by atoms with van der Waals surface area (Å²) in [6.45, 7) is 0. The molecular formula is C24H19N. The molecule has 0 saturated carbocycles. The fourth-order valence-corrected chi connectivity index (χ4v) is 4.55. The summed E-state index contributed by atoms with van der Waals surface area (Å²) < 4.78 is 0. The Morgan fingerprint density at radius 3 is 2.32 bits per heavy atom. The minimum atomic E-state index is -0.258. The van der Waals surface area contributed by atoms with Gasteiger partial charge in [-0.15, -0.1) is 0 Å². The topological polar surface area (TPSA) is 26.0 Å². The summed E-state index contributed by atoms with van der Waals surface area (Å²) in [4.78, 5) is 0. The molecular weight excluding hydrogens is 302 g/mol. The molecule has 120 valence electrons. The average Bonchev–Trinajstić information content (AvgIpc) is 3.27. The van der Waals surface area contributed by atoms with Crippen LogP contribution in [0.5, 0.6) is 0 Å². The van der Waals surface area contributed by atoms with Gasteiger partial charge >= 0.3 is 0 Å². The largest absolute Gasteiger partial charge is 0.399 e. The summed E-state index contributed by atoms with van der Waals surface area (Å²) in [6, 6.07) is 26.0. The van der Waals surface area contributed by atoms with Crippen molar-refractivity contribution in [3.63, 3.8) is 0 Å². The van der Waals surface area contributed by atoms with Crippen molar-refractivity contribution in [2.45, 2.75) is 11.8 Å². The second-order valence-electron chi connectivity index (χ2n) is 6.79. The van der Waals surface area contributed by atoms with E-state index < -0.39 is 0 Å². The first-order valence-electron chi connectivity index (χ1n) is 8.73. The molecule has 0 amide bonds. The molecule has 0 spiro atoms. The maximum absolute atomic E-state index is 6.23. The lowest BCUT2D eigenvalue weighted by Crippen LogP contribution is -2.29. The van der Waals surface area contributed by atoms with Crippen LogP contribution in [0.15, 0.2) is 96.6 Å². The van der Waals surface area contributed by atoms with E-state index in [1.54, 1.807) is 0 Å². The van der Waals surface area contributed by atoms with Crippen molar-refractivity contribution in [3.8, 4) is 11.1 Å². The Labute approximate surface area is 148 Å². The van der Waals surface area contributed by atoms with E-state index in [1.807, 2.05) is 6.07 Å². The smallest absolute Gasteiger partial charge is 0.0680 e. The van der Waals surface area contributed by atoms with Crippen LogP contribution in [0.3, 0.4) is 0 Å². The van der Waals surface area contributed by atoms with Gasteiger partial charge in [-0.25, -0.2) is 0 Å². The molecule has 0 heterocycles. The van der Waals surface area contributed by atoms with Gasteiger partial charge in [0.1, 0.15) is 0 Å². The molecule has 0 bridgehead atoms. The van der Waals surface area contributed by atoms with Gasteiger partial charge in [0.05, 0.1) is 5.41 Å². The summed E-state index contributed by atoms with van der Waals surface area (Å²) in [6.07, 6.45) is 7.67. The SMILES string of the molecule is Nc1ccc2c(c1)C(C1=CC=CC1)(c1ccccc1)c1ccccc1-2. The monoisotopic (exact) mass is 321 g/mol. The molecule has 3 aromatic rings. The molecule has 1 heteroatoms. The van der Waals surface area contributed by atoms with E-state index in [9.17, 15) is 0 Å². The number of anilines is 1. The Morgan fingerprint density at radius 2 is 1.52 bits per heavy atom. The van der Waals surface area contributed by atoms with Gasteiger partial charge in [-0.2, -0.15) is 0 Å². The molecule has 25 heavy (non-hydrogen) atoms. The van der Waals surface area contributed by atoms with Crippen molar-refractivity contribution in [1.29, 1.82) is 0 Å². The maximum Gasteiger partial charge on any atom is 0.0680 e. The van der Waals surface area contributed by atoms with Crippen molar-refractivity contribution in [2.24, 2.45) is 0 Å². The highest BCUT2D eigenvalue weighted by Crippen LogP contribution is 2.57. The summed E-state index contributed by atoms with van der Waals surface area (Å²) in [5.41, 5.74) is 14.8. The zero-order chi connectivity index (χ0) is 16.9. The molecule has 3 aromatic carbocycles. The predicted molar refractivity (Wildman–Crippen MR) is 104 cm³/mol. The van der Waals surface area contributed by atoms with Crippen LogP contribution in [0.4, 0.5) is 5.69 Å². The van der Waals surface area contributed by atoms with Crippen LogP contribution in [0.1, 0.15) is 23.1 Å². The molecule has 5 rings (SSSR count).